The van der Waals surface area contributed by atoms with Crippen molar-refractivity contribution in [3.63, 3.8) is 0 Å². The van der Waals surface area contributed by atoms with Crippen molar-refractivity contribution < 1.29 is 0 Å². The van der Waals surface area contributed by atoms with Gasteiger partial charge in [0.05, 0.1) is 18.4 Å². The standard InChI is InChI=1S/C12H12BrN3/c1-2-3-6-14-7-11-8-15-12-5-4-10(13)9-16(11)12/h4-5,8-9,14H,6-7H2,1H3. The van der Waals surface area contributed by atoms with E-state index in [4.69, 9.17) is 0 Å². The molecule has 0 atom stereocenters. The van der Waals surface area contributed by atoms with Gasteiger partial charge in [-0.3, -0.25) is 0 Å². The minimum Gasteiger partial charge on any atom is -0.302 e. The molecule has 0 aliphatic heterocycles. The minimum atomic E-state index is 0.706. The Kier molecular flexibility index (Phi) is 3.60. The first kappa shape index (κ1) is 11.2. The van der Waals surface area contributed by atoms with Crippen molar-refractivity contribution in [1.29, 1.82) is 0 Å². The molecule has 0 spiro atoms. The van der Waals surface area contributed by atoms with Crippen LogP contribution in [0.15, 0.2) is 29.0 Å². The Balaban J connectivity index is 2.16. The molecule has 2 heterocycles. The average molecular weight is 278 g/mol. The number of nitrogens with zero attached hydrogens (tertiary/aromatic N) is 2. The molecular weight excluding hydrogens is 266 g/mol. The highest BCUT2D eigenvalue weighted by molar-refractivity contribution is 9.10. The van der Waals surface area contributed by atoms with Crippen LogP contribution >= 0.6 is 15.9 Å². The maximum Gasteiger partial charge on any atom is 0.136 e. The third-order valence-corrected chi connectivity index (χ3v) is 2.71. The van der Waals surface area contributed by atoms with Gasteiger partial charge in [0, 0.05) is 17.2 Å². The fourth-order valence-electron chi connectivity index (χ4n) is 1.48. The number of halogens is 1. The number of rotatable bonds is 3. The van der Waals surface area contributed by atoms with E-state index in [1.807, 2.05) is 31.5 Å². The lowest BCUT2D eigenvalue weighted by Crippen LogP contribution is -2.14. The van der Waals surface area contributed by atoms with Crippen LogP contribution in [-0.4, -0.2) is 15.9 Å². The predicted octanol–water partition coefficient (Wildman–Crippen LogP) is 2.21. The van der Waals surface area contributed by atoms with Crippen LogP contribution in [0.3, 0.4) is 0 Å². The highest BCUT2D eigenvalue weighted by Crippen LogP contribution is 2.13. The number of nitrogens with one attached hydrogen (secondary N) is 1. The maximum atomic E-state index is 4.32. The zero-order chi connectivity index (χ0) is 11.4. The molecule has 0 bridgehead atoms. The van der Waals surface area contributed by atoms with Gasteiger partial charge in [-0.25, -0.2) is 4.98 Å². The molecule has 0 radical (unpaired) electrons. The number of hydrogen-bond acceptors (Lipinski definition) is 2. The highest BCUT2D eigenvalue weighted by Gasteiger charge is 2.02. The molecule has 4 heteroatoms. The number of fused-ring (bicyclic) bond motifs is 1. The van der Waals surface area contributed by atoms with Crippen molar-refractivity contribution in [3.05, 3.63) is 34.7 Å². The van der Waals surface area contributed by atoms with Crippen molar-refractivity contribution in [1.82, 2.24) is 14.7 Å². The summed E-state index contributed by atoms with van der Waals surface area (Å²) in [6.07, 6.45) is 3.90. The number of hydrogen-bond donors (Lipinski definition) is 1. The van der Waals surface area contributed by atoms with Gasteiger partial charge in [-0.1, -0.05) is 5.92 Å². The molecule has 0 aliphatic carbocycles. The molecular formula is C12H12BrN3. The third kappa shape index (κ3) is 2.43. The van der Waals surface area contributed by atoms with E-state index in [0.29, 0.717) is 6.54 Å². The van der Waals surface area contributed by atoms with Crippen LogP contribution in [0.1, 0.15) is 12.6 Å². The molecule has 2 aromatic heterocycles. The van der Waals surface area contributed by atoms with E-state index in [2.05, 4.69) is 42.5 Å². The van der Waals surface area contributed by atoms with Gasteiger partial charge in [0.15, 0.2) is 0 Å². The fourth-order valence-corrected chi connectivity index (χ4v) is 1.81. The summed E-state index contributed by atoms with van der Waals surface area (Å²) in [5.74, 6) is 5.82. The first-order chi connectivity index (χ1) is 7.81. The van der Waals surface area contributed by atoms with Crippen LogP contribution in [0.5, 0.6) is 0 Å². The monoisotopic (exact) mass is 277 g/mol. The predicted molar refractivity (Wildman–Crippen MR) is 68.0 cm³/mol. The Hall–Kier alpha value is -1.31. The Labute approximate surface area is 103 Å². The fraction of sp³-hybridized carbons (Fsp3) is 0.250. The van der Waals surface area contributed by atoms with E-state index in [1.54, 1.807) is 0 Å². The van der Waals surface area contributed by atoms with Gasteiger partial charge in [0.2, 0.25) is 0 Å². The first-order valence-electron chi connectivity index (χ1n) is 5.03. The summed E-state index contributed by atoms with van der Waals surface area (Å²) in [7, 11) is 0. The topological polar surface area (TPSA) is 29.3 Å². The summed E-state index contributed by atoms with van der Waals surface area (Å²) in [6, 6.07) is 3.97. The zero-order valence-electron chi connectivity index (χ0n) is 9.00. The van der Waals surface area contributed by atoms with E-state index in [9.17, 15) is 0 Å². The quantitative estimate of drug-likeness (QED) is 0.689. The van der Waals surface area contributed by atoms with Crippen molar-refractivity contribution in [2.75, 3.05) is 6.54 Å². The van der Waals surface area contributed by atoms with Crippen LogP contribution in [0.4, 0.5) is 0 Å². The molecule has 82 valence electrons. The Morgan fingerprint density at radius 1 is 1.50 bits per heavy atom. The summed E-state index contributed by atoms with van der Waals surface area (Å²) in [5, 5.41) is 3.25. The molecule has 0 aliphatic rings. The van der Waals surface area contributed by atoms with E-state index in [1.165, 1.54) is 0 Å². The van der Waals surface area contributed by atoms with Gasteiger partial charge in [-0.2, -0.15) is 0 Å². The summed E-state index contributed by atoms with van der Waals surface area (Å²) in [4.78, 5) is 4.32. The molecule has 2 rings (SSSR count). The number of imidazole rings is 1. The molecule has 2 aromatic rings. The molecule has 0 fully saturated rings. The van der Waals surface area contributed by atoms with Gasteiger partial charge in [0.1, 0.15) is 5.65 Å². The van der Waals surface area contributed by atoms with Crippen molar-refractivity contribution >= 4 is 21.6 Å². The summed E-state index contributed by atoms with van der Waals surface area (Å²) in [6.45, 7) is 3.32. The Morgan fingerprint density at radius 2 is 2.38 bits per heavy atom. The van der Waals surface area contributed by atoms with E-state index in [0.717, 1.165) is 22.4 Å². The molecule has 16 heavy (non-hydrogen) atoms. The lowest BCUT2D eigenvalue weighted by atomic mass is 10.4. The van der Waals surface area contributed by atoms with Crippen LogP contribution in [0.25, 0.3) is 5.65 Å². The van der Waals surface area contributed by atoms with Crippen LogP contribution < -0.4 is 5.32 Å². The van der Waals surface area contributed by atoms with Crippen LogP contribution in [0, 0.1) is 11.8 Å². The normalized spacial score (nSPS) is 10.1. The Bertz CT molecular complexity index is 548. The molecule has 1 N–H and O–H groups in total. The molecule has 0 aromatic carbocycles. The molecule has 0 unspecified atom stereocenters. The van der Waals surface area contributed by atoms with E-state index < -0.39 is 0 Å². The Morgan fingerprint density at radius 3 is 3.19 bits per heavy atom. The number of pyridine rings is 1. The molecule has 0 saturated heterocycles. The maximum absolute atomic E-state index is 4.32. The average Bonchev–Trinajstić information content (AvgIpc) is 2.67. The largest absolute Gasteiger partial charge is 0.302 e. The SMILES string of the molecule is CC#CCNCc1cnc2ccc(Br)cn12. The number of aromatic nitrogens is 2. The van der Waals surface area contributed by atoms with E-state index in [-0.39, 0.29) is 0 Å². The highest BCUT2D eigenvalue weighted by atomic mass is 79.9. The van der Waals surface area contributed by atoms with Crippen molar-refractivity contribution in [2.24, 2.45) is 0 Å². The summed E-state index contributed by atoms with van der Waals surface area (Å²) in [5.41, 5.74) is 2.09. The lowest BCUT2D eigenvalue weighted by molar-refractivity contribution is 0.742. The van der Waals surface area contributed by atoms with Gasteiger partial charge in [-0.05, 0) is 35.0 Å². The van der Waals surface area contributed by atoms with E-state index >= 15 is 0 Å². The second-order valence-electron chi connectivity index (χ2n) is 3.36. The molecule has 3 nitrogen and oxygen atoms in total. The summed E-state index contributed by atoms with van der Waals surface area (Å²) >= 11 is 3.45. The smallest absolute Gasteiger partial charge is 0.136 e. The zero-order valence-corrected chi connectivity index (χ0v) is 10.6. The lowest BCUT2D eigenvalue weighted by Gasteiger charge is -2.02. The first-order valence-corrected chi connectivity index (χ1v) is 5.82. The van der Waals surface area contributed by atoms with Gasteiger partial charge in [0.25, 0.3) is 0 Å². The molecule has 0 saturated carbocycles. The van der Waals surface area contributed by atoms with Gasteiger partial charge in [-0.15, -0.1) is 5.92 Å². The second kappa shape index (κ2) is 5.15. The second-order valence-corrected chi connectivity index (χ2v) is 4.27. The van der Waals surface area contributed by atoms with Crippen molar-refractivity contribution in [2.45, 2.75) is 13.5 Å². The summed E-state index contributed by atoms with van der Waals surface area (Å²) < 4.78 is 3.11. The van der Waals surface area contributed by atoms with Crippen LogP contribution in [-0.2, 0) is 6.54 Å². The van der Waals surface area contributed by atoms with Crippen LogP contribution in [0.2, 0.25) is 0 Å². The van der Waals surface area contributed by atoms with Gasteiger partial charge >= 0.3 is 0 Å². The van der Waals surface area contributed by atoms with Gasteiger partial charge < -0.3 is 9.72 Å². The minimum absolute atomic E-state index is 0.706. The van der Waals surface area contributed by atoms with Crippen molar-refractivity contribution in [3.8, 4) is 11.8 Å². The molecule has 0 amide bonds. The third-order valence-electron chi connectivity index (χ3n) is 2.24.